The average molecular weight is 442 g/mol. The van der Waals surface area contributed by atoms with Crippen molar-refractivity contribution in [3.63, 3.8) is 0 Å². The van der Waals surface area contributed by atoms with Crippen LogP contribution < -0.4 is 5.32 Å². The predicted molar refractivity (Wildman–Crippen MR) is 111 cm³/mol. The van der Waals surface area contributed by atoms with Crippen molar-refractivity contribution in [2.75, 3.05) is 37.2 Å². The van der Waals surface area contributed by atoms with E-state index in [1.54, 1.807) is 12.1 Å². The van der Waals surface area contributed by atoms with Gasteiger partial charge in [0, 0.05) is 49.4 Å². The number of nitrogens with zero attached hydrogens (tertiary/aromatic N) is 4. The second kappa shape index (κ2) is 8.94. The summed E-state index contributed by atoms with van der Waals surface area (Å²) in [4.78, 5) is 16.5. The summed E-state index contributed by atoms with van der Waals surface area (Å²) in [6.45, 7) is 3.14. The van der Waals surface area contributed by atoms with Crippen molar-refractivity contribution >= 4 is 45.7 Å². The zero-order valence-corrected chi connectivity index (χ0v) is 17.6. The normalized spacial score (nSPS) is 17.7. The fraction of sp³-hybridized carbons (Fsp3) is 0.500. The molecular weight excluding hydrogens is 421 g/mol. The first-order chi connectivity index (χ1) is 13.6. The van der Waals surface area contributed by atoms with Gasteiger partial charge in [0.15, 0.2) is 4.34 Å². The molecule has 4 rings (SSSR count). The molecule has 1 saturated carbocycles. The maximum atomic E-state index is 14.0. The second-order valence-corrected chi connectivity index (χ2v) is 9.54. The van der Waals surface area contributed by atoms with Gasteiger partial charge < -0.3 is 10.2 Å². The lowest BCUT2D eigenvalue weighted by molar-refractivity contribution is -0.130. The van der Waals surface area contributed by atoms with Gasteiger partial charge in [-0.15, -0.1) is 10.2 Å². The van der Waals surface area contributed by atoms with Crippen LogP contribution in [0, 0.1) is 5.82 Å². The van der Waals surface area contributed by atoms with E-state index in [9.17, 15) is 9.18 Å². The molecular formula is C18H21ClFN5OS2. The summed E-state index contributed by atoms with van der Waals surface area (Å²) in [7, 11) is 0. The Morgan fingerprint density at radius 1 is 1.29 bits per heavy atom. The number of hydrogen-bond donors (Lipinski definition) is 1. The van der Waals surface area contributed by atoms with Crippen LogP contribution >= 0.6 is 34.7 Å². The smallest absolute Gasteiger partial charge is 0.233 e. The van der Waals surface area contributed by atoms with E-state index in [0.29, 0.717) is 55.1 Å². The Bertz CT molecular complexity index is 819. The van der Waals surface area contributed by atoms with Gasteiger partial charge in [0.05, 0.1) is 5.75 Å². The number of aromatic nitrogens is 2. The molecule has 1 aromatic heterocycles. The van der Waals surface area contributed by atoms with Crippen LogP contribution in [0.25, 0.3) is 0 Å². The molecule has 1 aliphatic carbocycles. The van der Waals surface area contributed by atoms with Gasteiger partial charge in [-0.25, -0.2) is 4.39 Å². The quantitative estimate of drug-likeness (QED) is 0.665. The largest absolute Gasteiger partial charge is 0.357 e. The summed E-state index contributed by atoms with van der Waals surface area (Å²) >= 11 is 9.04. The molecule has 1 aromatic carbocycles. The molecule has 150 valence electrons. The van der Waals surface area contributed by atoms with Crippen LogP contribution in [0.3, 0.4) is 0 Å². The SMILES string of the molecule is O=C(CSc1nnc(NC2CC2)s1)N1CCN(Cc2c(F)cccc2Cl)CC1. The molecule has 0 spiro atoms. The fourth-order valence-electron chi connectivity index (χ4n) is 3.01. The number of piperazine rings is 1. The fourth-order valence-corrected chi connectivity index (χ4v) is 4.96. The molecule has 1 N–H and O–H groups in total. The Kier molecular flexibility index (Phi) is 6.35. The molecule has 2 aliphatic rings. The van der Waals surface area contributed by atoms with E-state index < -0.39 is 0 Å². The number of nitrogens with one attached hydrogen (secondary N) is 1. The first-order valence-electron chi connectivity index (χ1n) is 9.24. The Balaban J connectivity index is 1.22. The Labute approximate surface area is 176 Å². The highest BCUT2D eigenvalue weighted by atomic mass is 35.5. The van der Waals surface area contributed by atoms with E-state index in [1.165, 1.54) is 42.0 Å². The monoisotopic (exact) mass is 441 g/mol. The zero-order chi connectivity index (χ0) is 19.5. The summed E-state index contributed by atoms with van der Waals surface area (Å²) in [6.07, 6.45) is 2.38. The first-order valence-corrected chi connectivity index (χ1v) is 11.4. The number of rotatable bonds is 7. The zero-order valence-electron chi connectivity index (χ0n) is 15.2. The minimum atomic E-state index is -0.282. The van der Waals surface area contributed by atoms with Gasteiger partial charge >= 0.3 is 0 Å². The summed E-state index contributed by atoms with van der Waals surface area (Å²) in [6, 6.07) is 5.29. The Hall–Kier alpha value is -1.42. The Morgan fingerprint density at radius 3 is 2.79 bits per heavy atom. The number of carbonyl (C=O) groups excluding carboxylic acids is 1. The van der Waals surface area contributed by atoms with Gasteiger partial charge in [-0.3, -0.25) is 9.69 Å². The van der Waals surface area contributed by atoms with Gasteiger partial charge in [-0.1, -0.05) is 40.8 Å². The van der Waals surface area contributed by atoms with Gasteiger partial charge in [-0.2, -0.15) is 0 Å². The topological polar surface area (TPSA) is 61.4 Å². The van der Waals surface area contributed by atoms with E-state index in [4.69, 9.17) is 11.6 Å². The van der Waals surface area contributed by atoms with Crippen LogP contribution in [0.2, 0.25) is 5.02 Å². The van der Waals surface area contributed by atoms with Crippen LogP contribution in [0.15, 0.2) is 22.5 Å². The molecule has 1 saturated heterocycles. The molecule has 1 amide bonds. The number of carbonyl (C=O) groups is 1. The van der Waals surface area contributed by atoms with Crippen molar-refractivity contribution in [1.29, 1.82) is 0 Å². The third kappa shape index (κ3) is 5.14. The molecule has 1 aliphatic heterocycles. The number of thioether (sulfide) groups is 1. The summed E-state index contributed by atoms with van der Waals surface area (Å²) in [5, 5.41) is 12.8. The van der Waals surface area contributed by atoms with Crippen molar-refractivity contribution in [2.45, 2.75) is 29.8 Å². The maximum absolute atomic E-state index is 14.0. The lowest BCUT2D eigenvalue weighted by Crippen LogP contribution is -2.48. The van der Waals surface area contributed by atoms with Crippen molar-refractivity contribution in [2.24, 2.45) is 0 Å². The number of amides is 1. The highest BCUT2D eigenvalue weighted by Crippen LogP contribution is 2.30. The predicted octanol–water partition coefficient (Wildman–Crippen LogP) is 3.34. The molecule has 10 heteroatoms. The molecule has 2 heterocycles. The third-order valence-electron chi connectivity index (χ3n) is 4.80. The van der Waals surface area contributed by atoms with E-state index >= 15 is 0 Å². The summed E-state index contributed by atoms with van der Waals surface area (Å²) in [5.41, 5.74) is 0.520. The van der Waals surface area contributed by atoms with Gasteiger partial charge in [0.2, 0.25) is 11.0 Å². The minimum absolute atomic E-state index is 0.0977. The number of halogens is 2. The third-order valence-corrected chi connectivity index (χ3v) is 7.13. The second-order valence-electron chi connectivity index (χ2n) is 6.94. The van der Waals surface area contributed by atoms with Gasteiger partial charge in [0.1, 0.15) is 5.82 Å². The van der Waals surface area contributed by atoms with Crippen molar-refractivity contribution in [3.8, 4) is 0 Å². The molecule has 6 nitrogen and oxygen atoms in total. The Morgan fingerprint density at radius 2 is 2.07 bits per heavy atom. The first kappa shape index (κ1) is 19.9. The summed E-state index contributed by atoms with van der Waals surface area (Å²) in [5.74, 6) is 0.174. The molecule has 28 heavy (non-hydrogen) atoms. The average Bonchev–Trinajstić information content (AvgIpc) is 3.39. The minimum Gasteiger partial charge on any atom is -0.357 e. The maximum Gasteiger partial charge on any atom is 0.233 e. The van der Waals surface area contributed by atoms with Crippen molar-refractivity contribution in [3.05, 3.63) is 34.6 Å². The standard InChI is InChI=1S/C18H21ClFN5OS2/c19-14-2-1-3-15(20)13(14)10-24-6-8-25(9-7-24)16(26)11-27-18-23-22-17(28-18)21-12-4-5-12/h1-3,12H,4-11H2,(H,21,22). The molecule has 0 unspecified atom stereocenters. The van der Waals surface area contributed by atoms with E-state index in [-0.39, 0.29) is 11.7 Å². The van der Waals surface area contributed by atoms with Gasteiger partial charge in [-0.05, 0) is 25.0 Å². The highest BCUT2D eigenvalue weighted by Gasteiger charge is 2.24. The lowest BCUT2D eigenvalue weighted by atomic mass is 10.2. The molecule has 0 radical (unpaired) electrons. The lowest BCUT2D eigenvalue weighted by Gasteiger charge is -2.34. The highest BCUT2D eigenvalue weighted by molar-refractivity contribution is 8.01. The summed E-state index contributed by atoms with van der Waals surface area (Å²) < 4.78 is 14.8. The van der Waals surface area contributed by atoms with Crippen LogP contribution in [0.5, 0.6) is 0 Å². The van der Waals surface area contributed by atoms with Crippen LogP contribution in [0.4, 0.5) is 9.52 Å². The number of benzene rings is 1. The molecule has 2 fully saturated rings. The van der Waals surface area contributed by atoms with Crippen LogP contribution in [0.1, 0.15) is 18.4 Å². The van der Waals surface area contributed by atoms with E-state index in [1.807, 2.05) is 4.90 Å². The van der Waals surface area contributed by atoms with Crippen LogP contribution in [-0.4, -0.2) is 63.9 Å². The number of hydrogen-bond acceptors (Lipinski definition) is 7. The van der Waals surface area contributed by atoms with Crippen molar-refractivity contribution in [1.82, 2.24) is 20.0 Å². The number of anilines is 1. The van der Waals surface area contributed by atoms with Gasteiger partial charge in [0.25, 0.3) is 0 Å². The van der Waals surface area contributed by atoms with E-state index in [2.05, 4.69) is 20.4 Å². The van der Waals surface area contributed by atoms with Crippen molar-refractivity contribution < 1.29 is 9.18 Å². The molecule has 2 aromatic rings. The molecule has 0 atom stereocenters. The molecule has 0 bridgehead atoms. The van der Waals surface area contributed by atoms with E-state index in [0.717, 1.165) is 9.47 Å². The van der Waals surface area contributed by atoms with Crippen LogP contribution in [-0.2, 0) is 11.3 Å².